The maximum atomic E-state index is 12.1. The van der Waals surface area contributed by atoms with Crippen LogP contribution in [0, 0.1) is 6.92 Å². The number of rotatable bonds is 2. The number of hydrogen-bond acceptors (Lipinski definition) is 3. The standard InChI is InChI=1S/C14H14N2O2/c1-8-4-2-3-5-10(8)11-13(17)15-12(9-6-7-9)16-14(11)18/h2-5,9H,6-7H2,1H3,(H2,15,16,17,18). The summed E-state index contributed by atoms with van der Waals surface area (Å²) in [6, 6.07) is 7.47. The molecule has 0 aliphatic heterocycles. The van der Waals surface area contributed by atoms with E-state index in [4.69, 9.17) is 0 Å². The highest BCUT2D eigenvalue weighted by Gasteiger charge is 2.27. The molecule has 1 saturated carbocycles. The Morgan fingerprint density at radius 2 is 2.06 bits per heavy atom. The van der Waals surface area contributed by atoms with Crippen LogP contribution in [0.25, 0.3) is 11.1 Å². The average molecular weight is 242 g/mol. The minimum absolute atomic E-state index is 0.171. The van der Waals surface area contributed by atoms with Gasteiger partial charge in [-0.1, -0.05) is 24.3 Å². The van der Waals surface area contributed by atoms with Gasteiger partial charge in [0.1, 0.15) is 11.4 Å². The van der Waals surface area contributed by atoms with E-state index in [1.165, 1.54) is 0 Å². The van der Waals surface area contributed by atoms with Crippen molar-refractivity contribution in [2.24, 2.45) is 0 Å². The van der Waals surface area contributed by atoms with Crippen LogP contribution in [0.5, 0.6) is 5.88 Å². The van der Waals surface area contributed by atoms with Gasteiger partial charge >= 0.3 is 0 Å². The van der Waals surface area contributed by atoms with E-state index in [0.717, 1.165) is 24.0 Å². The van der Waals surface area contributed by atoms with E-state index in [9.17, 15) is 9.90 Å². The fourth-order valence-corrected chi connectivity index (χ4v) is 2.12. The van der Waals surface area contributed by atoms with E-state index in [0.29, 0.717) is 11.7 Å². The van der Waals surface area contributed by atoms with Crippen molar-refractivity contribution in [3.63, 3.8) is 0 Å². The lowest BCUT2D eigenvalue weighted by molar-refractivity contribution is 0.450. The van der Waals surface area contributed by atoms with E-state index in [1.54, 1.807) is 0 Å². The summed E-state index contributed by atoms with van der Waals surface area (Å²) in [6.07, 6.45) is 2.07. The van der Waals surface area contributed by atoms with Crippen LogP contribution in [0.3, 0.4) is 0 Å². The molecule has 0 spiro atoms. The molecule has 4 heteroatoms. The van der Waals surface area contributed by atoms with Crippen LogP contribution < -0.4 is 5.56 Å². The molecule has 0 unspecified atom stereocenters. The smallest absolute Gasteiger partial charge is 0.262 e. The Hall–Kier alpha value is -2.10. The Morgan fingerprint density at radius 1 is 1.33 bits per heavy atom. The average Bonchev–Trinajstić information content (AvgIpc) is 3.14. The number of nitrogens with one attached hydrogen (secondary N) is 1. The summed E-state index contributed by atoms with van der Waals surface area (Å²) in [4.78, 5) is 19.0. The van der Waals surface area contributed by atoms with Crippen LogP contribution in [-0.4, -0.2) is 15.1 Å². The van der Waals surface area contributed by atoms with Gasteiger partial charge in [-0.05, 0) is 30.9 Å². The van der Waals surface area contributed by atoms with Crippen molar-refractivity contribution < 1.29 is 5.11 Å². The molecular weight excluding hydrogens is 228 g/mol. The van der Waals surface area contributed by atoms with Crippen LogP contribution in [-0.2, 0) is 0 Å². The van der Waals surface area contributed by atoms with Crippen molar-refractivity contribution in [3.8, 4) is 17.0 Å². The molecule has 4 nitrogen and oxygen atoms in total. The number of aryl methyl sites for hydroxylation is 1. The van der Waals surface area contributed by atoms with Gasteiger partial charge in [0, 0.05) is 5.92 Å². The van der Waals surface area contributed by atoms with Crippen molar-refractivity contribution in [2.45, 2.75) is 25.7 Å². The van der Waals surface area contributed by atoms with Gasteiger partial charge in [-0.3, -0.25) is 4.79 Å². The van der Waals surface area contributed by atoms with Crippen LogP contribution in [0.15, 0.2) is 29.1 Å². The normalized spacial score (nSPS) is 14.7. The molecule has 92 valence electrons. The Kier molecular flexibility index (Phi) is 2.44. The fourth-order valence-electron chi connectivity index (χ4n) is 2.12. The zero-order valence-electron chi connectivity index (χ0n) is 10.1. The zero-order chi connectivity index (χ0) is 12.7. The fraction of sp³-hybridized carbons (Fsp3) is 0.286. The molecule has 1 fully saturated rings. The quantitative estimate of drug-likeness (QED) is 0.849. The number of aromatic hydroxyl groups is 1. The third-order valence-electron chi connectivity index (χ3n) is 3.30. The summed E-state index contributed by atoms with van der Waals surface area (Å²) in [6.45, 7) is 1.91. The first-order chi connectivity index (χ1) is 8.66. The summed E-state index contributed by atoms with van der Waals surface area (Å²) in [5.74, 6) is 0.749. The molecule has 0 radical (unpaired) electrons. The lowest BCUT2D eigenvalue weighted by atomic mass is 10.0. The van der Waals surface area contributed by atoms with Crippen molar-refractivity contribution in [2.75, 3.05) is 0 Å². The van der Waals surface area contributed by atoms with Crippen molar-refractivity contribution in [1.82, 2.24) is 9.97 Å². The minimum atomic E-state index is -0.265. The van der Waals surface area contributed by atoms with Gasteiger partial charge in [0.25, 0.3) is 5.56 Å². The molecule has 0 atom stereocenters. The molecular formula is C14H14N2O2. The highest BCUT2D eigenvalue weighted by molar-refractivity contribution is 5.70. The van der Waals surface area contributed by atoms with Gasteiger partial charge in [0.15, 0.2) is 0 Å². The predicted molar refractivity (Wildman–Crippen MR) is 68.7 cm³/mol. The molecule has 1 aliphatic rings. The largest absolute Gasteiger partial charge is 0.493 e. The maximum absolute atomic E-state index is 12.1. The lowest BCUT2D eigenvalue weighted by Crippen LogP contribution is -2.14. The molecule has 1 aromatic carbocycles. The summed E-state index contributed by atoms with van der Waals surface area (Å²) in [5, 5.41) is 10.00. The first-order valence-corrected chi connectivity index (χ1v) is 6.06. The minimum Gasteiger partial charge on any atom is -0.493 e. The molecule has 1 heterocycles. The Bertz CT molecular complexity index is 657. The third kappa shape index (κ3) is 1.79. The second-order valence-electron chi connectivity index (χ2n) is 4.74. The number of nitrogens with zero attached hydrogens (tertiary/aromatic N) is 1. The summed E-state index contributed by atoms with van der Waals surface area (Å²) in [7, 11) is 0. The van der Waals surface area contributed by atoms with Gasteiger partial charge in [-0.2, -0.15) is 4.98 Å². The maximum Gasteiger partial charge on any atom is 0.262 e. The summed E-state index contributed by atoms with van der Waals surface area (Å²) >= 11 is 0. The second kappa shape index (κ2) is 3.98. The Labute approximate surface area is 104 Å². The number of aromatic amines is 1. The van der Waals surface area contributed by atoms with Crippen molar-refractivity contribution in [1.29, 1.82) is 0 Å². The monoisotopic (exact) mass is 242 g/mol. The van der Waals surface area contributed by atoms with Gasteiger partial charge in [-0.25, -0.2) is 0 Å². The van der Waals surface area contributed by atoms with Crippen LogP contribution in [0.1, 0.15) is 30.1 Å². The SMILES string of the molecule is Cc1ccccc1-c1c(O)nc(C2CC2)[nH]c1=O. The van der Waals surface area contributed by atoms with E-state index < -0.39 is 0 Å². The lowest BCUT2D eigenvalue weighted by Gasteiger charge is -2.07. The third-order valence-corrected chi connectivity index (χ3v) is 3.30. The Balaban J connectivity index is 2.18. The predicted octanol–water partition coefficient (Wildman–Crippen LogP) is 2.33. The molecule has 18 heavy (non-hydrogen) atoms. The van der Waals surface area contributed by atoms with Crippen molar-refractivity contribution >= 4 is 0 Å². The van der Waals surface area contributed by atoms with Gasteiger partial charge in [0.2, 0.25) is 5.88 Å². The van der Waals surface area contributed by atoms with Crippen LogP contribution in [0.4, 0.5) is 0 Å². The molecule has 3 rings (SSSR count). The molecule has 2 aromatic rings. The summed E-state index contributed by atoms with van der Waals surface area (Å²) < 4.78 is 0. The highest BCUT2D eigenvalue weighted by Crippen LogP contribution is 2.38. The highest BCUT2D eigenvalue weighted by atomic mass is 16.3. The first-order valence-electron chi connectivity index (χ1n) is 6.06. The van der Waals surface area contributed by atoms with E-state index in [2.05, 4.69) is 9.97 Å². The van der Waals surface area contributed by atoms with Crippen LogP contribution >= 0.6 is 0 Å². The van der Waals surface area contributed by atoms with Crippen LogP contribution in [0.2, 0.25) is 0 Å². The van der Waals surface area contributed by atoms with Gasteiger partial charge in [-0.15, -0.1) is 0 Å². The Morgan fingerprint density at radius 3 is 2.67 bits per heavy atom. The second-order valence-corrected chi connectivity index (χ2v) is 4.74. The number of aromatic nitrogens is 2. The van der Waals surface area contributed by atoms with E-state index >= 15 is 0 Å². The molecule has 0 saturated heterocycles. The number of H-pyrrole nitrogens is 1. The number of benzene rings is 1. The first kappa shape index (κ1) is 11.0. The van der Waals surface area contributed by atoms with Gasteiger partial charge in [0.05, 0.1) is 0 Å². The molecule has 2 N–H and O–H groups in total. The number of hydrogen-bond donors (Lipinski definition) is 2. The zero-order valence-corrected chi connectivity index (χ0v) is 10.1. The molecule has 0 amide bonds. The molecule has 0 bridgehead atoms. The topological polar surface area (TPSA) is 66.0 Å². The van der Waals surface area contributed by atoms with Crippen molar-refractivity contribution in [3.05, 3.63) is 46.0 Å². The van der Waals surface area contributed by atoms with E-state index in [1.807, 2.05) is 31.2 Å². The van der Waals surface area contributed by atoms with Gasteiger partial charge < -0.3 is 10.1 Å². The van der Waals surface area contributed by atoms with E-state index in [-0.39, 0.29) is 17.0 Å². The molecule has 1 aromatic heterocycles. The molecule has 1 aliphatic carbocycles. The summed E-state index contributed by atoms with van der Waals surface area (Å²) in [5.41, 5.74) is 1.67.